The molecule has 0 saturated heterocycles. The molecule has 156 valence electrons. The Kier molecular flexibility index (Phi) is 6.26. The van der Waals surface area contributed by atoms with E-state index in [4.69, 9.17) is 0 Å². The van der Waals surface area contributed by atoms with Crippen LogP contribution in [0.3, 0.4) is 0 Å². The number of benzene rings is 3. The predicted octanol–water partition coefficient (Wildman–Crippen LogP) is 7.91. The Balaban J connectivity index is 1.45. The summed E-state index contributed by atoms with van der Waals surface area (Å²) in [5.41, 5.74) is 4.24. The van der Waals surface area contributed by atoms with E-state index >= 15 is 0 Å². The first-order valence-electron chi connectivity index (χ1n) is 10.8. The Bertz CT molecular complexity index is 1020. The summed E-state index contributed by atoms with van der Waals surface area (Å²) in [6.07, 6.45) is 6.31. The van der Waals surface area contributed by atoms with Crippen molar-refractivity contribution >= 4 is 0 Å². The van der Waals surface area contributed by atoms with Gasteiger partial charge in [-0.3, -0.25) is 0 Å². The van der Waals surface area contributed by atoms with Crippen molar-refractivity contribution in [3.8, 4) is 11.1 Å². The molecule has 30 heavy (non-hydrogen) atoms. The van der Waals surface area contributed by atoms with Gasteiger partial charge in [0, 0.05) is 5.56 Å². The first kappa shape index (κ1) is 20.7. The van der Waals surface area contributed by atoms with Gasteiger partial charge in [0.25, 0.3) is 0 Å². The van der Waals surface area contributed by atoms with Gasteiger partial charge in [-0.2, -0.15) is 0 Å². The highest BCUT2D eigenvalue weighted by Crippen LogP contribution is 2.35. The highest BCUT2D eigenvalue weighted by Gasteiger charge is 2.22. The third-order valence-electron chi connectivity index (χ3n) is 6.31. The van der Waals surface area contributed by atoms with Crippen LogP contribution >= 0.6 is 0 Å². The van der Waals surface area contributed by atoms with Gasteiger partial charge in [-0.05, 0) is 72.4 Å². The molecule has 0 amide bonds. The van der Waals surface area contributed by atoms with E-state index in [0.29, 0.717) is 29.5 Å². The molecule has 0 bridgehead atoms. The summed E-state index contributed by atoms with van der Waals surface area (Å²) in [7, 11) is 0. The van der Waals surface area contributed by atoms with Crippen molar-refractivity contribution in [2.45, 2.75) is 57.8 Å². The summed E-state index contributed by atoms with van der Waals surface area (Å²) in [5, 5.41) is 0. The van der Waals surface area contributed by atoms with Crippen LogP contribution in [0.2, 0.25) is 0 Å². The number of rotatable bonds is 5. The van der Waals surface area contributed by atoms with Crippen molar-refractivity contribution in [1.29, 1.82) is 0 Å². The van der Waals surface area contributed by atoms with E-state index in [1.807, 2.05) is 37.3 Å². The van der Waals surface area contributed by atoms with Crippen LogP contribution in [0.4, 0.5) is 13.2 Å². The van der Waals surface area contributed by atoms with Crippen LogP contribution in [0.5, 0.6) is 0 Å². The Morgan fingerprint density at radius 2 is 1.50 bits per heavy atom. The third kappa shape index (κ3) is 4.45. The molecule has 0 N–H and O–H groups in total. The van der Waals surface area contributed by atoms with E-state index in [9.17, 15) is 13.2 Å². The van der Waals surface area contributed by atoms with Crippen molar-refractivity contribution in [3.05, 3.63) is 94.3 Å². The fourth-order valence-corrected chi connectivity index (χ4v) is 4.51. The maximum atomic E-state index is 14.7. The fraction of sp³-hybridized carbons (Fsp3) is 0.333. The monoisotopic (exact) mass is 408 g/mol. The fourth-order valence-electron chi connectivity index (χ4n) is 4.51. The van der Waals surface area contributed by atoms with E-state index in [1.54, 1.807) is 18.2 Å². The molecule has 0 aromatic heterocycles. The molecule has 0 heterocycles. The Morgan fingerprint density at radius 3 is 2.20 bits per heavy atom. The van der Waals surface area contributed by atoms with Crippen molar-refractivity contribution < 1.29 is 13.2 Å². The molecule has 0 spiro atoms. The molecule has 1 aliphatic carbocycles. The lowest BCUT2D eigenvalue weighted by molar-refractivity contribution is 0.415. The van der Waals surface area contributed by atoms with E-state index in [-0.39, 0.29) is 11.7 Å². The summed E-state index contributed by atoms with van der Waals surface area (Å²) in [4.78, 5) is 0. The molecular formula is C27H27F3. The van der Waals surface area contributed by atoms with Crippen LogP contribution < -0.4 is 0 Å². The van der Waals surface area contributed by atoms with Crippen LogP contribution in [0.15, 0.2) is 54.6 Å². The average Bonchev–Trinajstić information content (AvgIpc) is 2.76. The Hall–Kier alpha value is -2.55. The SMILES string of the molecule is Cc1ccc(-c2ccc(CCc3ccc(C4CCCCC4)c(F)c3F)cc2)c(F)c1. The highest BCUT2D eigenvalue weighted by atomic mass is 19.2. The number of hydrogen-bond acceptors (Lipinski definition) is 0. The molecular weight excluding hydrogens is 381 g/mol. The van der Waals surface area contributed by atoms with Crippen molar-refractivity contribution in [3.63, 3.8) is 0 Å². The first-order chi connectivity index (χ1) is 14.5. The molecule has 1 saturated carbocycles. The van der Waals surface area contributed by atoms with Gasteiger partial charge in [-0.15, -0.1) is 0 Å². The van der Waals surface area contributed by atoms with Crippen molar-refractivity contribution in [2.75, 3.05) is 0 Å². The van der Waals surface area contributed by atoms with Crippen molar-refractivity contribution in [2.24, 2.45) is 0 Å². The molecule has 0 unspecified atom stereocenters. The minimum absolute atomic E-state index is 0.150. The maximum absolute atomic E-state index is 14.7. The van der Waals surface area contributed by atoms with Gasteiger partial charge in [0.1, 0.15) is 5.82 Å². The van der Waals surface area contributed by atoms with Crippen LogP contribution in [0.25, 0.3) is 11.1 Å². The molecule has 1 fully saturated rings. The normalized spacial score (nSPS) is 14.8. The predicted molar refractivity (Wildman–Crippen MR) is 116 cm³/mol. The lowest BCUT2D eigenvalue weighted by atomic mass is 9.83. The zero-order valence-electron chi connectivity index (χ0n) is 17.4. The zero-order chi connectivity index (χ0) is 21.1. The van der Waals surface area contributed by atoms with Gasteiger partial charge in [0.15, 0.2) is 11.6 Å². The third-order valence-corrected chi connectivity index (χ3v) is 6.31. The maximum Gasteiger partial charge on any atom is 0.162 e. The standard InChI is InChI=1S/C27H27F3/c1-18-7-15-23(25(28)17-18)21-11-8-19(9-12-21)10-13-22-14-16-24(27(30)26(22)29)20-5-3-2-4-6-20/h7-9,11-12,14-17,20H,2-6,10,13H2,1H3. The number of hydrogen-bond donors (Lipinski definition) is 0. The molecule has 0 radical (unpaired) electrons. The quantitative estimate of drug-likeness (QED) is 0.402. The largest absolute Gasteiger partial charge is 0.206 e. The summed E-state index contributed by atoms with van der Waals surface area (Å²) < 4.78 is 43.5. The van der Waals surface area contributed by atoms with Gasteiger partial charge < -0.3 is 0 Å². The molecule has 0 nitrogen and oxygen atoms in total. The summed E-state index contributed by atoms with van der Waals surface area (Å²) >= 11 is 0. The zero-order valence-corrected chi connectivity index (χ0v) is 17.4. The topological polar surface area (TPSA) is 0 Å². The summed E-state index contributed by atoms with van der Waals surface area (Å²) in [6.45, 7) is 1.86. The number of aryl methyl sites for hydroxylation is 3. The lowest BCUT2D eigenvalue weighted by Gasteiger charge is -2.23. The molecule has 3 heteroatoms. The second-order valence-corrected chi connectivity index (χ2v) is 8.46. The van der Waals surface area contributed by atoms with Crippen LogP contribution in [0.1, 0.15) is 60.3 Å². The minimum Gasteiger partial charge on any atom is -0.206 e. The van der Waals surface area contributed by atoms with Crippen LogP contribution in [-0.2, 0) is 12.8 Å². The van der Waals surface area contributed by atoms with E-state index in [1.165, 1.54) is 12.5 Å². The molecule has 0 atom stereocenters. The summed E-state index contributed by atoms with van der Waals surface area (Å²) in [6, 6.07) is 16.4. The first-order valence-corrected chi connectivity index (χ1v) is 10.8. The van der Waals surface area contributed by atoms with E-state index in [2.05, 4.69) is 0 Å². The second-order valence-electron chi connectivity index (χ2n) is 8.46. The van der Waals surface area contributed by atoms with Crippen LogP contribution in [0, 0.1) is 24.4 Å². The van der Waals surface area contributed by atoms with Gasteiger partial charge in [-0.25, -0.2) is 13.2 Å². The van der Waals surface area contributed by atoms with E-state index < -0.39 is 11.6 Å². The minimum atomic E-state index is -0.698. The highest BCUT2D eigenvalue weighted by molar-refractivity contribution is 5.64. The smallest absolute Gasteiger partial charge is 0.162 e. The number of halogens is 3. The Labute approximate surface area is 176 Å². The average molecular weight is 409 g/mol. The van der Waals surface area contributed by atoms with Gasteiger partial charge in [0.2, 0.25) is 0 Å². The van der Waals surface area contributed by atoms with Gasteiger partial charge in [-0.1, -0.05) is 67.8 Å². The van der Waals surface area contributed by atoms with Crippen molar-refractivity contribution in [1.82, 2.24) is 0 Å². The van der Waals surface area contributed by atoms with Crippen LogP contribution in [-0.4, -0.2) is 0 Å². The summed E-state index contributed by atoms with van der Waals surface area (Å²) in [5.74, 6) is -1.45. The molecule has 3 aromatic carbocycles. The van der Waals surface area contributed by atoms with Gasteiger partial charge in [0.05, 0.1) is 0 Å². The lowest BCUT2D eigenvalue weighted by Crippen LogP contribution is -2.09. The molecule has 1 aliphatic rings. The molecule has 0 aliphatic heterocycles. The van der Waals surface area contributed by atoms with Gasteiger partial charge >= 0.3 is 0 Å². The van der Waals surface area contributed by atoms with E-state index in [0.717, 1.165) is 42.4 Å². The second kappa shape index (κ2) is 9.07. The Morgan fingerprint density at radius 1 is 0.767 bits per heavy atom. The molecule has 3 aromatic rings. The molecule has 4 rings (SSSR count).